The summed E-state index contributed by atoms with van der Waals surface area (Å²) < 4.78 is 5.90. The highest BCUT2D eigenvalue weighted by atomic mass is 16.5. The second-order valence-corrected chi connectivity index (χ2v) is 6.39. The van der Waals surface area contributed by atoms with Gasteiger partial charge in [-0.1, -0.05) is 26.2 Å². The van der Waals surface area contributed by atoms with Crippen LogP contribution in [-0.2, 0) is 4.74 Å². The number of nitrogens with two attached hydrogens (primary N) is 1. The molecule has 1 saturated heterocycles. The lowest BCUT2D eigenvalue weighted by Gasteiger charge is -2.31. The molecule has 1 saturated carbocycles. The summed E-state index contributed by atoms with van der Waals surface area (Å²) in [5, 5.41) is 0. The Labute approximate surface area is 123 Å². The number of piperidine rings is 1. The third-order valence-electron chi connectivity index (χ3n) is 4.59. The van der Waals surface area contributed by atoms with E-state index in [1.807, 2.05) is 0 Å². The Morgan fingerprint density at radius 2 is 1.85 bits per heavy atom. The fourth-order valence-corrected chi connectivity index (χ4v) is 3.08. The van der Waals surface area contributed by atoms with Crippen molar-refractivity contribution in [3.63, 3.8) is 0 Å². The molecule has 4 heteroatoms. The van der Waals surface area contributed by atoms with E-state index in [9.17, 15) is 0 Å². The molecule has 0 amide bonds. The van der Waals surface area contributed by atoms with Gasteiger partial charge in [-0.15, -0.1) is 0 Å². The molecule has 20 heavy (non-hydrogen) atoms. The van der Waals surface area contributed by atoms with Crippen LogP contribution in [0.1, 0.15) is 58.3 Å². The maximum atomic E-state index is 6.05. The maximum Gasteiger partial charge on any atom is 0.191 e. The van der Waals surface area contributed by atoms with E-state index < -0.39 is 0 Å². The normalized spacial score (nSPS) is 23.2. The van der Waals surface area contributed by atoms with Crippen LogP contribution in [0.5, 0.6) is 0 Å². The molecule has 0 atom stereocenters. The second-order valence-electron chi connectivity index (χ2n) is 6.39. The molecule has 1 aliphatic carbocycles. The van der Waals surface area contributed by atoms with E-state index >= 15 is 0 Å². The van der Waals surface area contributed by atoms with Gasteiger partial charge in [-0.2, -0.15) is 0 Å². The average Bonchev–Trinajstić information content (AvgIpc) is 2.48. The number of aliphatic imine (C=N–C) groups is 1. The molecule has 2 fully saturated rings. The van der Waals surface area contributed by atoms with Crippen molar-refractivity contribution >= 4 is 5.96 Å². The third kappa shape index (κ3) is 5.31. The predicted octanol–water partition coefficient (Wildman–Crippen LogP) is 2.77. The first kappa shape index (κ1) is 15.6. The van der Waals surface area contributed by atoms with Gasteiger partial charge in [0, 0.05) is 26.2 Å². The molecule has 1 heterocycles. The highest BCUT2D eigenvalue weighted by molar-refractivity contribution is 5.78. The Hall–Kier alpha value is -0.770. The van der Waals surface area contributed by atoms with Crippen molar-refractivity contribution in [2.75, 3.05) is 26.2 Å². The summed E-state index contributed by atoms with van der Waals surface area (Å²) in [5.74, 6) is 1.57. The molecule has 0 aromatic heterocycles. The van der Waals surface area contributed by atoms with Gasteiger partial charge in [-0.05, 0) is 38.0 Å². The predicted molar refractivity (Wildman–Crippen MR) is 83.9 cm³/mol. The minimum absolute atomic E-state index is 0.508. The van der Waals surface area contributed by atoms with Crippen LogP contribution in [0.3, 0.4) is 0 Å². The first-order valence-electron chi connectivity index (χ1n) is 8.42. The second kappa shape index (κ2) is 8.50. The van der Waals surface area contributed by atoms with Gasteiger partial charge in [0.15, 0.2) is 5.96 Å². The maximum absolute atomic E-state index is 6.05. The molecule has 2 aliphatic rings. The van der Waals surface area contributed by atoms with Crippen LogP contribution in [0.4, 0.5) is 0 Å². The highest BCUT2D eigenvalue weighted by Gasteiger charge is 2.17. The van der Waals surface area contributed by atoms with E-state index in [1.165, 1.54) is 44.9 Å². The molecule has 0 aromatic rings. The minimum Gasteiger partial charge on any atom is -0.378 e. The van der Waals surface area contributed by atoms with Crippen molar-refractivity contribution in [3.8, 4) is 0 Å². The zero-order valence-corrected chi connectivity index (χ0v) is 13.0. The smallest absolute Gasteiger partial charge is 0.191 e. The Bertz CT molecular complexity index is 292. The van der Waals surface area contributed by atoms with Crippen molar-refractivity contribution in [1.29, 1.82) is 0 Å². The van der Waals surface area contributed by atoms with Crippen LogP contribution in [0.2, 0.25) is 0 Å². The molecule has 0 unspecified atom stereocenters. The zero-order valence-electron chi connectivity index (χ0n) is 13.0. The fourth-order valence-electron chi connectivity index (χ4n) is 3.08. The lowest BCUT2D eigenvalue weighted by molar-refractivity contribution is 0.0281. The van der Waals surface area contributed by atoms with Crippen LogP contribution in [-0.4, -0.2) is 43.2 Å². The van der Waals surface area contributed by atoms with Crippen molar-refractivity contribution in [1.82, 2.24) is 4.90 Å². The number of rotatable bonds is 5. The molecule has 0 spiro atoms. The van der Waals surface area contributed by atoms with E-state index in [0.29, 0.717) is 6.10 Å². The van der Waals surface area contributed by atoms with E-state index in [4.69, 9.17) is 10.5 Å². The van der Waals surface area contributed by atoms with Gasteiger partial charge in [0.05, 0.1) is 6.10 Å². The summed E-state index contributed by atoms with van der Waals surface area (Å²) in [6, 6.07) is 0. The number of likely N-dealkylation sites (tertiary alicyclic amines) is 1. The first-order chi connectivity index (χ1) is 9.75. The largest absolute Gasteiger partial charge is 0.378 e. The van der Waals surface area contributed by atoms with E-state index in [1.54, 1.807) is 0 Å². The summed E-state index contributed by atoms with van der Waals surface area (Å²) in [6.07, 6.45) is 10.5. The Balaban J connectivity index is 1.55. The molecule has 116 valence electrons. The quantitative estimate of drug-likeness (QED) is 0.479. The fraction of sp³-hybridized carbons (Fsp3) is 0.938. The number of hydrogen-bond donors (Lipinski definition) is 1. The molecule has 2 N–H and O–H groups in total. The van der Waals surface area contributed by atoms with E-state index in [2.05, 4.69) is 16.8 Å². The monoisotopic (exact) mass is 281 g/mol. The van der Waals surface area contributed by atoms with Crippen LogP contribution < -0.4 is 5.73 Å². The molecule has 2 rings (SSSR count). The zero-order chi connectivity index (χ0) is 14.2. The summed E-state index contributed by atoms with van der Waals surface area (Å²) in [7, 11) is 0. The van der Waals surface area contributed by atoms with Gasteiger partial charge in [-0.3, -0.25) is 4.99 Å². The first-order valence-corrected chi connectivity index (χ1v) is 8.42. The Morgan fingerprint density at radius 3 is 2.55 bits per heavy atom. The summed E-state index contributed by atoms with van der Waals surface area (Å²) >= 11 is 0. The van der Waals surface area contributed by atoms with Gasteiger partial charge in [0.25, 0.3) is 0 Å². The number of nitrogens with zero attached hydrogens (tertiary/aromatic N) is 2. The molecule has 0 aromatic carbocycles. The molecule has 0 bridgehead atoms. The standard InChI is InChI=1S/C16H31N3O/c1-14-8-11-19(12-9-14)16(17)18-10-5-13-20-15-6-3-2-4-7-15/h14-15H,2-13H2,1H3,(H2,17,18). The van der Waals surface area contributed by atoms with Crippen molar-refractivity contribution in [3.05, 3.63) is 0 Å². The highest BCUT2D eigenvalue weighted by Crippen LogP contribution is 2.20. The van der Waals surface area contributed by atoms with Crippen LogP contribution >= 0.6 is 0 Å². The van der Waals surface area contributed by atoms with Gasteiger partial charge in [0.1, 0.15) is 0 Å². The molecular weight excluding hydrogens is 250 g/mol. The molecule has 1 aliphatic heterocycles. The van der Waals surface area contributed by atoms with Crippen LogP contribution in [0.25, 0.3) is 0 Å². The molecule has 0 radical (unpaired) electrons. The van der Waals surface area contributed by atoms with Gasteiger partial charge < -0.3 is 15.4 Å². The van der Waals surface area contributed by atoms with Crippen LogP contribution in [0, 0.1) is 5.92 Å². The van der Waals surface area contributed by atoms with Gasteiger partial charge >= 0.3 is 0 Å². The average molecular weight is 281 g/mol. The summed E-state index contributed by atoms with van der Waals surface area (Å²) in [4.78, 5) is 6.72. The summed E-state index contributed by atoms with van der Waals surface area (Å²) in [6.45, 7) is 6.07. The van der Waals surface area contributed by atoms with E-state index in [0.717, 1.165) is 44.5 Å². The molecular formula is C16H31N3O. The van der Waals surface area contributed by atoms with E-state index in [-0.39, 0.29) is 0 Å². The van der Waals surface area contributed by atoms with Crippen LogP contribution in [0.15, 0.2) is 4.99 Å². The SMILES string of the molecule is CC1CCN(C(N)=NCCCOC2CCCCC2)CC1. The topological polar surface area (TPSA) is 50.8 Å². The molecule has 4 nitrogen and oxygen atoms in total. The summed E-state index contributed by atoms with van der Waals surface area (Å²) in [5.41, 5.74) is 6.05. The van der Waals surface area contributed by atoms with Gasteiger partial charge in [-0.25, -0.2) is 0 Å². The number of ether oxygens (including phenoxy) is 1. The Kier molecular flexibility index (Phi) is 6.64. The van der Waals surface area contributed by atoms with Crippen molar-refractivity contribution < 1.29 is 4.74 Å². The lowest BCUT2D eigenvalue weighted by Crippen LogP contribution is -2.42. The number of guanidine groups is 1. The number of hydrogen-bond acceptors (Lipinski definition) is 2. The van der Waals surface area contributed by atoms with Crippen molar-refractivity contribution in [2.45, 2.75) is 64.4 Å². The lowest BCUT2D eigenvalue weighted by atomic mass is 9.98. The third-order valence-corrected chi connectivity index (χ3v) is 4.59. The Morgan fingerprint density at radius 1 is 1.15 bits per heavy atom. The van der Waals surface area contributed by atoms with Gasteiger partial charge in [0.2, 0.25) is 0 Å². The minimum atomic E-state index is 0.508. The van der Waals surface area contributed by atoms with Crippen molar-refractivity contribution in [2.24, 2.45) is 16.6 Å².